The first kappa shape index (κ1) is 11.2. The number of fused-ring (bicyclic) bond motifs is 1. The van der Waals surface area contributed by atoms with Crippen molar-refractivity contribution in [3.8, 4) is 0 Å². The molecule has 1 aliphatic rings. The second kappa shape index (κ2) is 4.50. The Morgan fingerprint density at radius 2 is 0.850 bits per heavy atom. The van der Waals surface area contributed by atoms with Crippen molar-refractivity contribution >= 4 is 11.1 Å². The molecule has 0 atom stereocenters. The van der Waals surface area contributed by atoms with E-state index in [2.05, 4.69) is 84.9 Å². The van der Waals surface area contributed by atoms with Gasteiger partial charge in [-0.15, -0.1) is 0 Å². The van der Waals surface area contributed by atoms with Crippen LogP contribution in [-0.4, -0.2) is 0 Å². The molecule has 0 unspecified atom stereocenters. The van der Waals surface area contributed by atoms with Crippen LogP contribution in [0.15, 0.2) is 84.9 Å². The van der Waals surface area contributed by atoms with Crippen LogP contribution in [0.2, 0.25) is 0 Å². The van der Waals surface area contributed by atoms with E-state index < -0.39 is 0 Å². The first-order valence-corrected chi connectivity index (χ1v) is 6.90. The molecule has 0 saturated carbocycles. The molecule has 0 radical (unpaired) electrons. The predicted octanol–water partition coefficient (Wildman–Crippen LogP) is 5.01. The van der Waals surface area contributed by atoms with Gasteiger partial charge in [-0.1, -0.05) is 84.9 Å². The zero-order valence-corrected chi connectivity index (χ0v) is 11.1. The zero-order valence-electron chi connectivity index (χ0n) is 11.1. The van der Waals surface area contributed by atoms with Gasteiger partial charge in [-0.05, 0) is 33.4 Å². The van der Waals surface area contributed by atoms with Crippen molar-refractivity contribution in [3.05, 3.63) is 107 Å². The molecule has 0 saturated heterocycles. The van der Waals surface area contributed by atoms with Crippen LogP contribution < -0.4 is 0 Å². The molecule has 0 heteroatoms. The van der Waals surface area contributed by atoms with Crippen LogP contribution in [0, 0.1) is 0 Å². The highest BCUT2D eigenvalue weighted by Crippen LogP contribution is 2.48. The fourth-order valence-electron chi connectivity index (χ4n) is 2.80. The van der Waals surface area contributed by atoms with Crippen LogP contribution >= 0.6 is 0 Å². The number of rotatable bonds is 2. The average molecular weight is 254 g/mol. The van der Waals surface area contributed by atoms with Gasteiger partial charge in [-0.3, -0.25) is 0 Å². The van der Waals surface area contributed by atoms with Gasteiger partial charge in [0.05, 0.1) is 0 Å². The van der Waals surface area contributed by atoms with Crippen molar-refractivity contribution in [1.29, 1.82) is 0 Å². The Kier molecular flexibility index (Phi) is 2.53. The van der Waals surface area contributed by atoms with E-state index in [9.17, 15) is 0 Å². The van der Waals surface area contributed by atoms with Gasteiger partial charge in [-0.2, -0.15) is 0 Å². The highest BCUT2D eigenvalue weighted by molar-refractivity contribution is 6.16. The lowest BCUT2D eigenvalue weighted by Crippen LogP contribution is -1.87. The van der Waals surface area contributed by atoms with E-state index in [0.29, 0.717) is 0 Å². The molecule has 4 rings (SSSR count). The third kappa shape index (κ3) is 1.78. The van der Waals surface area contributed by atoms with E-state index in [0.717, 1.165) is 0 Å². The number of hydrogen-bond acceptors (Lipinski definition) is 0. The van der Waals surface area contributed by atoms with E-state index >= 15 is 0 Å². The monoisotopic (exact) mass is 254 g/mol. The summed E-state index contributed by atoms with van der Waals surface area (Å²) >= 11 is 0. The molecular formula is C20H14. The van der Waals surface area contributed by atoms with E-state index in [1.54, 1.807) is 0 Å². The Morgan fingerprint density at radius 3 is 1.30 bits per heavy atom. The minimum absolute atomic E-state index is 1.28. The molecule has 3 aromatic rings. The summed E-state index contributed by atoms with van der Waals surface area (Å²) in [5.41, 5.74) is 8.07. The SMILES string of the molecule is c1ccc(C(=C2c3ccccc32)c2ccccc2)cc1. The van der Waals surface area contributed by atoms with Crippen molar-refractivity contribution in [2.24, 2.45) is 0 Å². The van der Waals surface area contributed by atoms with Gasteiger partial charge >= 0.3 is 0 Å². The maximum atomic E-state index is 2.20. The van der Waals surface area contributed by atoms with Gasteiger partial charge in [-0.25, -0.2) is 0 Å². The summed E-state index contributed by atoms with van der Waals surface area (Å²) in [6.07, 6.45) is 0. The lowest BCUT2D eigenvalue weighted by Gasteiger charge is -2.08. The van der Waals surface area contributed by atoms with Crippen molar-refractivity contribution in [3.63, 3.8) is 0 Å². The third-order valence-corrected chi connectivity index (χ3v) is 3.78. The smallest absolute Gasteiger partial charge is 0.00143 e. The van der Waals surface area contributed by atoms with Gasteiger partial charge in [0.25, 0.3) is 0 Å². The molecule has 0 heterocycles. The molecule has 20 heavy (non-hydrogen) atoms. The minimum atomic E-state index is 1.28. The zero-order chi connectivity index (χ0) is 13.4. The third-order valence-electron chi connectivity index (χ3n) is 3.78. The highest BCUT2D eigenvalue weighted by Gasteiger charge is 2.28. The molecule has 0 nitrogen and oxygen atoms in total. The summed E-state index contributed by atoms with van der Waals surface area (Å²) in [5, 5.41) is 0. The second-order valence-corrected chi connectivity index (χ2v) is 5.03. The predicted molar refractivity (Wildman–Crippen MR) is 84.3 cm³/mol. The summed E-state index contributed by atoms with van der Waals surface area (Å²) < 4.78 is 0. The van der Waals surface area contributed by atoms with Crippen molar-refractivity contribution < 1.29 is 0 Å². The second-order valence-electron chi connectivity index (χ2n) is 5.03. The molecule has 0 bridgehead atoms. The summed E-state index contributed by atoms with van der Waals surface area (Å²) in [4.78, 5) is 0. The van der Waals surface area contributed by atoms with Gasteiger partial charge < -0.3 is 0 Å². The summed E-state index contributed by atoms with van der Waals surface area (Å²) in [6, 6.07) is 29.9. The topological polar surface area (TPSA) is 0 Å². The molecule has 94 valence electrons. The van der Waals surface area contributed by atoms with Crippen molar-refractivity contribution in [1.82, 2.24) is 0 Å². The normalized spacial score (nSPS) is 11.9. The van der Waals surface area contributed by atoms with E-state index in [1.807, 2.05) is 0 Å². The Bertz CT molecular complexity index is 714. The van der Waals surface area contributed by atoms with Crippen molar-refractivity contribution in [2.75, 3.05) is 0 Å². The summed E-state index contributed by atoms with van der Waals surface area (Å²) in [5.74, 6) is 0. The Morgan fingerprint density at radius 1 is 0.450 bits per heavy atom. The maximum Gasteiger partial charge on any atom is -0.00143 e. The lowest BCUT2D eigenvalue weighted by molar-refractivity contribution is 1.56. The molecule has 0 amide bonds. The maximum absolute atomic E-state index is 2.20. The van der Waals surface area contributed by atoms with Gasteiger partial charge in [0.2, 0.25) is 0 Å². The molecule has 0 aromatic heterocycles. The Labute approximate surface area is 119 Å². The molecular weight excluding hydrogens is 240 g/mol. The van der Waals surface area contributed by atoms with Crippen LogP contribution in [0.25, 0.3) is 11.1 Å². The summed E-state index contributed by atoms with van der Waals surface area (Å²) in [6.45, 7) is 0. The molecule has 1 aliphatic carbocycles. The first-order chi connectivity index (χ1) is 9.95. The fourth-order valence-corrected chi connectivity index (χ4v) is 2.80. The van der Waals surface area contributed by atoms with E-state index in [1.165, 1.54) is 33.4 Å². The quantitative estimate of drug-likeness (QED) is 0.472. The number of benzene rings is 3. The van der Waals surface area contributed by atoms with Crippen LogP contribution in [0.5, 0.6) is 0 Å². The fraction of sp³-hybridized carbons (Fsp3) is 0. The average Bonchev–Trinajstić information content (AvgIpc) is 3.24. The first-order valence-electron chi connectivity index (χ1n) is 6.90. The van der Waals surface area contributed by atoms with E-state index in [4.69, 9.17) is 0 Å². The van der Waals surface area contributed by atoms with Gasteiger partial charge in [0.1, 0.15) is 0 Å². The molecule has 0 fully saturated rings. The minimum Gasteiger partial charge on any atom is -0.0622 e. The highest BCUT2D eigenvalue weighted by atomic mass is 14.3. The Balaban J connectivity index is 1.96. The van der Waals surface area contributed by atoms with E-state index in [-0.39, 0.29) is 0 Å². The van der Waals surface area contributed by atoms with Crippen LogP contribution in [0.1, 0.15) is 22.3 Å². The number of hydrogen-bond donors (Lipinski definition) is 0. The Hall–Kier alpha value is -2.60. The molecule has 0 N–H and O–H groups in total. The summed E-state index contributed by atoms with van der Waals surface area (Å²) in [7, 11) is 0. The molecule has 3 aromatic carbocycles. The van der Waals surface area contributed by atoms with Crippen LogP contribution in [0.3, 0.4) is 0 Å². The van der Waals surface area contributed by atoms with Gasteiger partial charge in [0, 0.05) is 0 Å². The van der Waals surface area contributed by atoms with Crippen molar-refractivity contribution in [2.45, 2.75) is 0 Å². The lowest BCUT2D eigenvalue weighted by atomic mass is 9.96. The van der Waals surface area contributed by atoms with Crippen LogP contribution in [0.4, 0.5) is 0 Å². The largest absolute Gasteiger partial charge is 0.0622 e. The standard InChI is InChI=1S/C20H14/c1-3-9-15(10-4-1)19(16-11-5-2-6-12-16)20-17-13-7-8-14-18(17)20/h1-14H. The van der Waals surface area contributed by atoms with Crippen LogP contribution in [-0.2, 0) is 0 Å². The molecule has 0 aliphatic heterocycles. The molecule has 0 spiro atoms. The van der Waals surface area contributed by atoms with Gasteiger partial charge in [0.15, 0.2) is 0 Å².